The van der Waals surface area contributed by atoms with Crippen LogP contribution in [0, 0.1) is 12.7 Å². The zero-order valence-electron chi connectivity index (χ0n) is 17.8. The van der Waals surface area contributed by atoms with Crippen LogP contribution in [0.3, 0.4) is 0 Å². The van der Waals surface area contributed by atoms with Gasteiger partial charge in [0.25, 0.3) is 0 Å². The summed E-state index contributed by atoms with van der Waals surface area (Å²) in [5, 5.41) is 1.99. The van der Waals surface area contributed by atoms with Crippen LogP contribution in [0.5, 0.6) is 5.75 Å². The fourth-order valence-corrected chi connectivity index (χ4v) is 4.87. The van der Waals surface area contributed by atoms with E-state index in [2.05, 4.69) is 22.2 Å². The lowest BCUT2D eigenvalue weighted by Crippen LogP contribution is -2.38. The van der Waals surface area contributed by atoms with Gasteiger partial charge in [0, 0.05) is 46.8 Å². The fourth-order valence-electron chi connectivity index (χ4n) is 4.87. The normalized spacial score (nSPS) is 15.1. The average molecular weight is 420 g/mol. The van der Waals surface area contributed by atoms with Crippen molar-refractivity contribution in [2.75, 3.05) is 20.2 Å². The first-order chi connectivity index (χ1) is 15.0. The predicted octanol–water partition coefficient (Wildman–Crippen LogP) is 5.05. The zero-order chi connectivity index (χ0) is 21.5. The van der Waals surface area contributed by atoms with Crippen molar-refractivity contribution in [2.24, 2.45) is 0 Å². The van der Waals surface area contributed by atoms with Gasteiger partial charge in [-0.2, -0.15) is 0 Å². The molecule has 4 aromatic rings. The molecular formula is C25H26FN3O2. The maximum atomic E-state index is 13.7. The maximum Gasteiger partial charge on any atom is 0.227 e. The number of rotatable bonds is 4. The van der Waals surface area contributed by atoms with Gasteiger partial charge in [0.2, 0.25) is 5.91 Å². The number of aromatic nitrogens is 2. The van der Waals surface area contributed by atoms with Gasteiger partial charge in [0.05, 0.1) is 13.5 Å². The molecule has 6 heteroatoms. The largest absolute Gasteiger partial charge is 0.497 e. The summed E-state index contributed by atoms with van der Waals surface area (Å²) >= 11 is 0. The number of amides is 1. The van der Waals surface area contributed by atoms with E-state index < -0.39 is 0 Å². The topological polar surface area (TPSA) is 61.1 Å². The van der Waals surface area contributed by atoms with E-state index in [4.69, 9.17) is 4.74 Å². The molecule has 1 fully saturated rings. The summed E-state index contributed by atoms with van der Waals surface area (Å²) in [7, 11) is 1.68. The van der Waals surface area contributed by atoms with Crippen molar-refractivity contribution < 1.29 is 13.9 Å². The number of benzene rings is 2. The summed E-state index contributed by atoms with van der Waals surface area (Å²) in [6, 6.07) is 10.8. The van der Waals surface area contributed by atoms with Crippen molar-refractivity contribution in [3.05, 3.63) is 65.2 Å². The Hall–Kier alpha value is -3.28. The molecule has 5 rings (SSSR count). The number of likely N-dealkylation sites (tertiary alicyclic amines) is 1. The van der Waals surface area contributed by atoms with Gasteiger partial charge in [-0.1, -0.05) is 0 Å². The number of piperidine rings is 1. The number of halogens is 1. The number of fused-ring (bicyclic) bond motifs is 2. The standard InChI is InChI=1S/C25H26FN3O2/c1-15-19(20-11-17(26)3-5-24(20)28-15)13-25(30)29-9-7-16(8-10-29)22-14-27-23-6-4-18(31-2)12-21(22)23/h3-6,11-12,14,16,27-28H,7-10,13H2,1-2H3. The molecule has 160 valence electrons. The zero-order valence-corrected chi connectivity index (χ0v) is 17.8. The molecule has 2 aromatic heterocycles. The summed E-state index contributed by atoms with van der Waals surface area (Å²) in [5.74, 6) is 1.09. The van der Waals surface area contributed by atoms with Crippen molar-refractivity contribution in [3.8, 4) is 5.75 Å². The molecule has 2 aromatic carbocycles. The van der Waals surface area contributed by atoms with Crippen LogP contribution < -0.4 is 4.74 Å². The summed E-state index contributed by atoms with van der Waals surface area (Å²) in [5.41, 5.74) is 5.09. The number of hydrogen-bond donors (Lipinski definition) is 2. The van der Waals surface area contributed by atoms with E-state index >= 15 is 0 Å². The molecule has 1 saturated heterocycles. The smallest absolute Gasteiger partial charge is 0.227 e. The van der Waals surface area contributed by atoms with Gasteiger partial charge in [-0.3, -0.25) is 4.79 Å². The van der Waals surface area contributed by atoms with E-state index in [1.165, 1.54) is 23.1 Å². The summed E-state index contributed by atoms with van der Waals surface area (Å²) in [6.07, 6.45) is 4.25. The second-order valence-corrected chi connectivity index (χ2v) is 8.41. The minimum Gasteiger partial charge on any atom is -0.497 e. The van der Waals surface area contributed by atoms with Crippen LogP contribution in [-0.4, -0.2) is 41.0 Å². The number of ether oxygens (including phenoxy) is 1. The number of nitrogens with zero attached hydrogens (tertiary/aromatic N) is 1. The van der Waals surface area contributed by atoms with E-state index in [0.717, 1.165) is 59.4 Å². The molecule has 0 radical (unpaired) electrons. The molecule has 1 aliphatic rings. The van der Waals surface area contributed by atoms with Gasteiger partial charge < -0.3 is 19.6 Å². The van der Waals surface area contributed by atoms with Gasteiger partial charge in [0.15, 0.2) is 0 Å². The molecule has 2 N–H and O–H groups in total. The van der Waals surface area contributed by atoms with Crippen LogP contribution in [0.25, 0.3) is 21.8 Å². The van der Waals surface area contributed by atoms with Crippen molar-refractivity contribution >= 4 is 27.7 Å². The molecule has 3 heterocycles. The lowest BCUT2D eigenvalue weighted by Gasteiger charge is -2.32. The summed E-state index contributed by atoms with van der Waals surface area (Å²) in [4.78, 5) is 21.6. The van der Waals surface area contributed by atoms with Crippen LogP contribution in [0.4, 0.5) is 4.39 Å². The Labute approximate surface area is 180 Å². The molecule has 31 heavy (non-hydrogen) atoms. The lowest BCUT2D eigenvalue weighted by atomic mass is 9.89. The first-order valence-electron chi connectivity index (χ1n) is 10.7. The molecule has 0 bridgehead atoms. The minimum absolute atomic E-state index is 0.104. The van der Waals surface area contributed by atoms with E-state index in [1.54, 1.807) is 13.2 Å². The second kappa shape index (κ2) is 7.76. The Balaban J connectivity index is 1.29. The Kier molecular flexibility index (Phi) is 4.93. The molecule has 0 aliphatic carbocycles. The fraction of sp³-hybridized carbons (Fsp3) is 0.320. The molecule has 0 unspecified atom stereocenters. The SMILES string of the molecule is COc1ccc2[nH]cc(C3CCN(C(=O)Cc4c(C)[nH]c5ccc(F)cc45)CC3)c2c1. The molecule has 1 aliphatic heterocycles. The molecule has 0 saturated carbocycles. The Morgan fingerprint density at radius 3 is 2.68 bits per heavy atom. The van der Waals surface area contributed by atoms with Crippen LogP contribution in [0.2, 0.25) is 0 Å². The number of aromatic amines is 2. The van der Waals surface area contributed by atoms with E-state index in [0.29, 0.717) is 12.3 Å². The highest BCUT2D eigenvalue weighted by Gasteiger charge is 2.26. The Morgan fingerprint density at radius 2 is 1.90 bits per heavy atom. The van der Waals surface area contributed by atoms with Crippen LogP contribution in [0.15, 0.2) is 42.6 Å². The quantitative estimate of drug-likeness (QED) is 0.486. The number of carbonyl (C=O) groups excluding carboxylic acids is 1. The van der Waals surface area contributed by atoms with Crippen molar-refractivity contribution in [1.29, 1.82) is 0 Å². The second-order valence-electron chi connectivity index (χ2n) is 8.41. The first-order valence-corrected chi connectivity index (χ1v) is 10.7. The highest BCUT2D eigenvalue weighted by Crippen LogP contribution is 2.35. The highest BCUT2D eigenvalue weighted by atomic mass is 19.1. The number of H-pyrrole nitrogens is 2. The lowest BCUT2D eigenvalue weighted by molar-refractivity contribution is -0.131. The molecule has 0 spiro atoms. The van der Waals surface area contributed by atoms with E-state index in [-0.39, 0.29) is 11.7 Å². The van der Waals surface area contributed by atoms with Crippen molar-refractivity contribution in [2.45, 2.75) is 32.1 Å². The number of carbonyl (C=O) groups is 1. The van der Waals surface area contributed by atoms with Gasteiger partial charge in [-0.25, -0.2) is 4.39 Å². The monoisotopic (exact) mass is 419 g/mol. The van der Waals surface area contributed by atoms with Gasteiger partial charge in [0.1, 0.15) is 11.6 Å². The minimum atomic E-state index is -0.281. The van der Waals surface area contributed by atoms with Gasteiger partial charge in [-0.15, -0.1) is 0 Å². The highest BCUT2D eigenvalue weighted by molar-refractivity contribution is 5.90. The molecular weight excluding hydrogens is 393 g/mol. The predicted molar refractivity (Wildman–Crippen MR) is 120 cm³/mol. The Morgan fingerprint density at radius 1 is 1.13 bits per heavy atom. The third-order valence-corrected chi connectivity index (χ3v) is 6.62. The van der Waals surface area contributed by atoms with E-state index in [9.17, 15) is 9.18 Å². The van der Waals surface area contributed by atoms with E-state index in [1.807, 2.05) is 24.0 Å². The Bertz CT molecular complexity index is 1260. The van der Waals surface area contributed by atoms with Crippen LogP contribution in [0.1, 0.15) is 35.6 Å². The van der Waals surface area contributed by atoms with Crippen LogP contribution >= 0.6 is 0 Å². The number of nitrogens with one attached hydrogen (secondary N) is 2. The maximum absolute atomic E-state index is 13.7. The average Bonchev–Trinajstić information content (AvgIpc) is 3.34. The number of methoxy groups -OCH3 is 1. The molecule has 5 nitrogen and oxygen atoms in total. The third-order valence-electron chi connectivity index (χ3n) is 6.62. The van der Waals surface area contributed by atoms with Gasteiger partial charge in [-0.05, 0) is 73.2 Å². The molecule has 0 atom stereocenters. The summed E-state index contributed by atoms with van der Waals surface area (Å²) in [6.45, 7) is 3.41. The molecule has 1 amide bonds. The van der Waals surface area contributed by atoms with Gasteiger partial charge >= 0.3 is 0 Å². The number of hydrogen-bond acceptors (Lipinski definition) is 2. The third kappa shape index (κ3) is 3.56. The summed E-state index contributed by atoms with van der Waals surface area (Å²) < 4.78 is 19.1. The number of aryl methyl sites for hydroxylation is 1. The first kappa shape index (κ1) is 19.7. The van der Waals surface area contributed by atoms with Crippen molar-refractivity contribution in [1.82, 2.24) is 14.9 Å². The van der Waals surface area contributed by atoms with Crippen LogP contribution in [-0.2, 0) is 11.2 Å². The van der Waals surface area contributed by atoms with Crippen molar-refractivity contribution in [3.63, 3.8) is 0 Å².